The van der Waals surface area contributed by atoms with Crippen LogP contribution in [0.2, 0.25) is 0 Å². The molecule has 1 saturated heterocycles. The summed E-state index contributed by atoms with van der Waals surface area (Å²) in [5.41, 5.74) is 0.0602. The summed E-state index contributed by atoms with van der Waals surface area (Å²) in [6, 6.07) is 4.27. The Morgan fingerprint density at radius 3 is 2.86 bits per heavy atom. The summed E-state index contributed by atoms with van der Waals surface area (Å²) in [6.07, 6.45) is 1.92. The van der Waals surface area contributed by atoms with Crippen LogP contribution in [0.15, 0.2) is 18.2 Å². The Morgan fingerprint density at radius 2 is 2.29 bits per heavy atom. The second kappa shape index (κ2) is 7.80. The molecule has 0 bridgehead atoms. The highest BCUT2D eigenvalue weighted by Gasteiger charge is 2.20. The molecule has 1 amide bonds. The maximum Gasteiger partial charge on any atom is 0.311 e. The van der Waals surface area contributed by atoms with Gasteiger partial charge in [0, 0.05) is 24.2 Å². The second-order valence-corrected chi connectivity index (χ2v) is 4.66. The van der Waals surface area contributed by atoms with Crippen molar-refractivity contribution in [2.45, 2.75) is 18.9 Å². The van der Waals surface area contributed by atoms with Crippen molar-refractivity contribution in [2.24, 2.45) is 0 Å². The number of hydrogen-bond acceptors (Lipinski definition) is 5. The van der Waals surface area contributed by atoms with E-state index >= 15 is 0 Å². The van der Waals surface area contributed by atoms with Crippen molar-refractivity contribution in [1.29, 1.82) is 0 Å². The van der Waals surface area contributed by atoms with E-state index in [1.54, 1.807) is 0 Å². The van der Waals surface area contributed by atoms with Crippen LogP contribution in [0.4, 0.5) is 5.69 Å². The van der Waals surface area contributed by atoms with Gasteiger partial charge in [-0.1, -0.05) is 0 Å². The summed E-state index contributed by atoms with van der Waals surface area (Å²) in [6.45, 7) is 1.68. The number of halogens is 1. The van der Waals surface area contributed by atoms with Gasteiger partial charge >= 0.3 is 5.69 Å². The molecule has 7 nitrogen and oxygen atoms in total. The molecule has 0 aliphatic carbocycles. The molecule has 0 saturated carbocycles. The highest BCUT2D eigenvalue weighted by molar-refractivity contribution is 5.95. The predicted octanol–water partition coefficient (Wildman–Crippen LogP) is 1.51. The van der Waals surface area contributed by atoms with E-state index in [9.17, 15) is 14.9 Å². The van der Waals surface area contributed by atoms with Crippen LogP contribution in [0.5, 0.6) is 5.75 Å². The number of carbonyl (C=O) groups is 1. The van der Waals surface area contributed by atoms with Crippen molar-refractivity contribution in [3.8, 4) is 5.75 Å². The van der Waals surface area contributed by atoms with Crippen molar-refractivity contribution >= 4 is 24.0 Å². The first-order chi connectivity index (χ1) is 9.61. The maximum atomic E-state index is 12.1. The van der Waals surface area contributed by atoms with E-state index in [1.165, 1.54) is 25.3 Å². The number of nitro benzene ring substituents is 1. The van der Waals surface area contributed by atoms with Gasteiger partial charge in [0.25, 0.3) is 5.91 Å². The normalized spacial score (nSPS) is 17.5. The third kappa shape index (κ3) is 4.30. The molecular weight excluding hydrogens is 298 g/mol. The number of nitro groups is 1. The fourth-order valence-electron chi connectivity index (χ4n) is 2.22. The Kier molecular flexibility index (Phi) is 6.39. The molecule has 1 heterocycles. The van der Waals surface area contributed by atoms with Crippen LogP contribution in [-0.2, 0) is 0 Å². The molecule has 8 heteroatoms. The number of hydrogen-bond donors (Lipinski definition) is 2. The monoisotopic (exact) mass is 315 g/mol. The van der Waals surface area contributed by atoms with E-state index in [4.69, 9.17) is 4.74 Å². The average Bonchev–Trinajstić information content (AvgIpc) is 2.47. The van der Waals surface area contributed by atoms with Gasteiger partial charge in [0.1, 0.15) is 0 Å². The number of nitrogens with one attached hydrogen (secondary N) is 2. The van der Waals surface area contributed by atoms with Crippen molar-refractivity contribution in [3.05, 3.63) is 33.9 Å². The van der Waals surface area contributed by atoms with Crippen LogP contribution in [0.3, 0.4) is 0 Å². The minimum Gasteiger partial charge on any atom is -0.490 e. The Morgan fingerprint density at radius 1 is 1.52 bits per heavy atom. The maximum absolute atomic E-state index is 12.1. The number of benzene rings is 1. The van der Waals surface area contributed by atoms with Gasteiger partial charge in [0.2, 0.25) is 0 Å². The first-order valence-corrected chi connectivity index (χ1v) is 6.46. The van der Waals surface area contributed by atoms with Gasteiger partial charge in [-0.05, 0) is 31.5 Å². The van der Waals surface area contributed by atoms with Crippen LogP contribution in [0, 0.1) is 10.1 Å². The topological polar surface area (TPSA) is 93.5 Å². The summed E-state index contributed by atoms with van der Waals surface area (Å²) < 4.78 is 4.91. The number of rotatable bonds is 4. The molecule has 1 unspecified atom stereocenters. The van der Waals surface area contributed by atoms with Crippen LogP contribution < -0.4 is 15.4 Å². The second-order valence-electron chi connectivity index (χ2n) is 4.66. The molecule has 21 heavy (non-hydrogen) atoms. The number of piperidine rings is 1. The Balaban J connectivity index is 0.00000220. The molecule has 1 aromatic carbocycles. The van der Waals surface area contributed by atoms with Crippen LogP contribution in [0.1, 0.15) is 23.2 Å². The van der Waals surface area contributed by atoms with Gasteiger partial charge < -0.3 is 15.4 Å². The quantitative estimate of drug-likeness (QED) is 0.649. The van der Waals surface area contributed by atoms with E-state index in [0.29, 0.717) is 0 Å². The van der Waals surface area contributed by atoms with Gasteiger partial charge in [-0.25, -0.2) is 0 Å². The van der Waals surface area contributed by atoms with Crippen LogP contribution in [0.25, 0.3) is 0 Å². The van der Waals surface area contributed by atoms with Crippen LogP contribution >= 0.6 is 12.4 Å². The summed E-state index contributed by atoms with van der Waals surface area (Å²) >= 11 is 0. The van der Waals surface area contributed by atoms with Crippen molar-refractivity contribution in [1.82, 2.24) is 10.6 Å². The fraction of sp³-hybridized carbons (Fsp3) is 0.462. The number of carbonyl (C=O) groups excluding carboxylic acids is 1. The predicted molar refractivity (Wildman–Crippen MR) is 80.3 cm³/mol. The van der Waals surface area contributed by atoms with Crippen molar-refractivity contribution in [3.63, 3.8) is 0 Å². The average molecular weight is 316 g/mol. The molecule has 1 aromatic rings. The minimum atomic E-state index is -0.558. The Hall–Kier alpha value is -1.86. The van der Waals surface area contributed by atoms with E-state index in [2.05, 4.69) is 10.6 Å². The summed E-state index contributed by atoms with van der Waals surface area (Å²) in [7, 11) is 1.36. The summed E-state index contributed by atoms with van der Waals surface area (Å²) in [5, 5.41) is 17.0. The lowest BCUT2D eigenvalue weighted by molar-refractivity contribution is -0.385. The Labute approximate surface area is 128 Å². The van der Waals surface area contributed by atoms with E-state index < -0.39 is 4.92 Å². The molecular formula is C13H18ClN3O4. The van der Waals surface area contributed by atoms with E-state index in [0.717, 1.165) is 25.9 Å². The van der Waals surface area contributed by atoms with Crippen LogP contribution in [-0.4, -0.2) is 37.1 Å². The third-order valence-corrected chi connectivity index (χ3v) is 3.27. The zero-order valence-corrected chi connectivity index (χ0v) is 12.4. The highest BCUT2D eigenvalue weighted by atomic mass is 35.5. The SMILES string of the molecule is COc1ccc(C(=O)NC2CCCNC2)cc1[N+](=O)[O-].Cl. The molecule has 1 fully saturated rings. The lowest BCUT2D eigenvalue weighted by Gasteiger charge is -2.23. The van der Waals surface area contributed by atoms with Gasteiger partial charge in [0.05, 0.1) is 12.0 Å². The Bertz CT molecular complexity index is 518. The van der Waals surface area contributed by atoms with Crippen molar-refractivity contribution in [2.75, 3.05) is 20.2 Å². The molecule has 0 spiro atoms. The summed E-state index contributed by atoms with van der Waals surface area (Å²) in [4.78, 5) is 22.5. The molecule has 1 atom stereocenters. The van der Waals surface area contributed by atoms with E-state index in [1.807, 2.05) is 0 Å². The number of amides is 1. The van der Waals surface area contributed by atoms with Gasteiger partial charge in [0.15, 0.2) is 5.75 Å². The highest BCUT2D eigenvalue weighted by Crippen LogP contribution is 2.27. The molecule has 0 aromatic heterocycles. The van der Waals surface area contributed by atoms with Gasteiger partial charge in [-0.15, -0.1) is 12.4 Å². The van der Waals surface area contributed by atoms with Crippen molar-refractivity contribution < 1.29 is 14.5 Å². The zero-order chi connectivity index (χ0) is 14.5. The third-order valence-electron chi connectivity index (χ3n) is 3.27. The smallest absolute Gasteiger partial charge is 0.311 e. The fourth-order valence-corrected chi connectivity index (χ4v) is 2.22. The van der Waals surface area contributed by atoms with E-state index in [-0.39, 0.29) is 41.4 Å². The first-order valence-electron chi connectivity index (χ1n) is 6.46. The number of nitrogens with zero attached hydrogens (tertiary/aromatic N) is 1. The zero-order valence-electron chi connectivity index (χ0n) is 11.6. The molecule has 116 valence electrons. The van der Waals surface area contributed by atoms with Gasteiger partial charge in [-0.3, -0.25) is 14.9 Å². The molecule has 2 rings (SSSR count). The molecule has 0 radical (unpaired) electrons. The number of methoxy groups -OCH3 is 1. The lowest BCUT2D eigenvalue weighted by atomic mass is 10.1. The lowest BCUT2D eigenvalue weighted by Crippen LogP contribution is -2.45. The standard InChI is InChI=1S/C13H17N3O4.ClH/c1-20-12-5-4-9(7-11(12)16(18)19)13(17)15-10-3-2-6-14-8-10;/h4-5,7,10,14H,2-3,6,8H2,1H3,(H,15,17);1H. The van der Waals surface area contributed by atoms with Gasteiger partial charge in [-0.2, -0.15) is 0 Å². The largest absolute Gasteiger partial charge is 0.490 e. The minimum absolute atomic E-state index is 0. The molecule has 1 aliphatic heterocycles. The molecule has 2 N–H and O–H groups in total. The number of ether oxygens (including phenoxy) is 1. The summed E-state index contributed by atoms with van der Waals surface area (Å²) in [5.74, 6) is -0.157. The first kappa shape index (κ1) is 17.2. The molecule has 1 aliphatic rings.